The van der Waals surface area contributed by atoms with Crippen molar-refractivity contribution in [3.05, 3.63) is 71.7 Å². The first-order valence-electron chi connectivity index (χ1n) is 10.8. The molecule has 31 heavy (non-hydrogen) atoms. The average molecular weight is 417 g/mol. The maximum atomic E-state index is 13.8. The van der Waals surface area contributed by atoms with Gasteiger partial charge >= 0.3 is 0 Å². The normalized spacial score (nSPS) is 18.2. The van der Waals surface area contributed by atoms with Gasteiger partial charge in [-0.25, -0.2) is 15.0 Å². The Labute approximate surface area is 183 Å². The zero-order valence-electron chi connectivity index (χ0n) is 18.3. The summed E-state index contributed by atoms with van der Waals surface area (Å²) in [6.07, 6.45) is 7.99. The van der Waals surface area contributed by atoms with Crippen LogP contribution in [-0.2, 0) is 0 Å². The molecule has 6 nitrogen and oxygen atoms in total. The Morgan fingerprint density at radius 2 is 1.77 bits per heavy atom. The Morgan fingerprint density at radius 3 is 2.48 bits per heavy atom. The highest BCUT2D eigenvalue weighted by Crippen LogP contribution is 2.31. The van der Waals surface area contributed by atoms with Crippen LogP contribution in [0.1, 0.15) is 47.7 Å². The van der Waals surface area contributed by atoms with E-state index in [0.29, 0.717) is 23.9 Å². The molecule has 2 atom stereocenters. The van der Waals surface area contributed by atoms with Crippen molar-refractivity contribution in [2.24, 2.45) is 0 Å². The highest BCUT2D eigenvalue weighted by atomic mass is 16.5. The number of ether oxygens (including phenoxy) is 1. The van der Waals surface area contributed by atoms with Crippen molar-refractivity contribution in [2.75, 3.05) is 6.61 Å². The number of hydrogen-bond donors (Lipinski definition) is 0. The van der Waals surface area contributed by atoms with E-state index in [4.69, 9.17) is 4.74 Å². The van der Waals surface area contributed by atoms with Crippen molar-refractivity contribution in [2.45, 2.75) is 52.1 Å². The van der Waals surface area contributed by atoms with Gasteiger partial charge in [0.25, 0.3) is 5.91 Å². The van der Waals surface area contributed by atoms with Crippen LogP contribution in [0, 0.1) is 13.8 Å². The lowest BCUT2D eigenvalue weighted by Crippen LogP contribution is -2.44. The van der Waals surface area contributed by atoms with Crippen molar-refractivity contribution in [1.82, 2.24) is 19.9 Å². The van der Waals surface area contributed by atoms with Crippen molar-refractivity contribution in [1.29, 1.82) is 0 Å². The van der Waals surface area contributed by atoms with E-state index >= 15 is 0 Å². The molecule has 1 aliphatic heterocycles. The fourth-order valence-corrected chi connectivity index (χ4v) is 4.19. The second kappa shape index (κ2) is 9.25. The number of amides is 1. The van der Waals surface area contributed by atoms with Gasteiger partial charge in [0, 0.05) is 36.3 Å². The standard InChI is InChI=1S/C25H28N4O2/c1-4-19-8-9-20(16-31-23-11-7-18(3)15-28-23)29(19)25(30)22-14-17(2)6-10-21(22)24-26-12-5-13-27-24/h5-7,10-15,19-20H,4,8-9,16H2,1-3H3. The van der Waals surface area contributed by atoms with E-state index in [-0.39, 0.29) is 18.0 Å². The van der Waals surface area contributed by atoms with E-state index in [1.165, 1.54) is 0 Å². The van der Waals surface area contributed by atoms with E-state index in [1.54, 1.807) is 24.7 Å². The van der Waals surface area contributed by atoms with Gasteiger partial charge in [-0.15, -0.1) is 0 Å². The van der Waals surface area contributed by atoms with Crippen LogP contribution in [0.4, 0.5) is 0 Å². The molecule has 1 aliphatic rings. The van der Waals surface area contributed by atoms with Gasteiger partial charge in [0.05, 0.1) is 11.6 Å². The topological polar surface area (TPSA) is 68.2 Å². The predicted molar refractivity (Wildman–Crippen MR) is 120 cm³/mol. The number of benzene rings is 1. The lowest BCUT2D eigenvalue weighted by Gasteiger charge is -2.30. The summed E-state index contributed by atoms with van der Waals surface area (Å²) in [5, 5.41) is 0. The Morgan fingerprint density at radius 1 is 1.03 bits per heavy atom. The molecule has 0 bridgehead atoms. The van der Waals surface area contributed by atoms with Crippen molar-refractivity contribution in [3.63, 3.8) is 0 Å². The Bertz CT molecular complexity index is 1040. The predicted octanol–water partition coefficient (Wildman–Crippen LogP) is 4.62. The summed E-state index contributed by atoms with van der Waals surface area (Å²) >= 11 is 0. The minimum Gasteiger partial charge on any atom is -0.475 e. The smallest absolute Gasteiger partial charge is 0.255 e. The maximum absolute atomic E-state index is 13.8. The molecule has 2 aromatic heterocycles. The zero-order valence-corrected chi connectivity index (χ0v) is 18.3. The summed E-state index contributed by atoms with van der Waals surface area (Å²) in [6.45, 7) is 6.56. The first kappa shape index (κ1) is 21.0. The third kappa shape index (κ3) is 4.58. The van der Waals surface area contributed by atoms with Crippen LogP contribution < -0.4 is 4.74 Å². The van der Waals surface area contributed by atoms with Crippen LogP contribution in [0.25, 0.3) is 11.4 Å². The monoisotopic (exact) mass is 416 g/mol. The summed E-state index contributed by atoms with van der Waals surface area (Å²) in [6, 6.07) is 11.7. The molecule has 6 heteroatoms. The molecule has 4 rings (SSSR count). The van der Waals surface area contributed by atoms with Gasteiger partial charge in [-0.3, -0.25) is 4.79 Å². The van der Waals surface area contributed by atoms with Gasteiger partial charge < -0.3 is 9.64 Å². The number of carbonyl (C=O) groups is 1. The van der Waals surface area contributed by atoms with E-state index in [9.17, 15) is 4.79 Å². The van der Waals surface area contributed by atoms with E-state index < -0.39 is 0 Å². The number of hydrogen-bond acceptors (Lipinski definition) is 5. The van der Waals surface area contributed by atoms with Crippen LogP contribution >= 0.6 is 0 Å². The van der Waals surface area contributed by atoms with Crippen LogP contribution in [0.5, 0.6) is 5.88 Å². The number of pyridine rings is 1. The van der Waals surface area contributed by atoms with Gasteiger partial charge in [0.2, 0.25) is 5.88 Å². The molecule has 160 valence electrons. The highest BCUT2D eigenvalue weighted by molar-refractivity contribution is 6.00. The van der Waals surface area contributed by atoms with E-state index in [0.717, 1.165) is 36.0 Å². The zero-order chi connectivity index (χ0) is 21.8. The summed E-state index contributed by atoms with van der Waals surface area (Å²) < 4.78 is 5.96. The van der Waals surface area contributed by atoms with Gasteiger partial charge in [-0.2, -0.15) is 0 Å². The number of aryl methyl sites for hydroxylation is 2. The number of rotatable bonds is 6. The molecule has 0 saturated carbocycles. The first-order valence-corrected chi connectivity index (χ1v) is 10.8. The van der Waals surface area contributed by atoms with Gasteiger partial charge in [0.15, 0.2) is 5.82 Å². The molecule has 0 radical (unpaired) electrons. The minimum atomic E-state index is 0.00519. The third-order valence-electron chi connectivity index (χ3n) is 5.85. The van der Waals surface area contributed by atoms with E-state index in [2.05, 4.69) is 21.9 Å². The first-order chi connectivity index (χ1) is 15.1. The van der Waals surface area contributed by atoms with Crippen molar-refractivity contribution >= 4 is 5.91 Å². The fraction of sp³-hybridized carbons (Fsp3) is 0.360. The summed E-state index contributed by atoms with van der Waals surface area (Å²) in [5.74, 6) is 1.17. The van der Waals surface area contributed by atoms with Crippen LogP contribution in [0.2, 0.25) is 0 Å². The van der Waals surface area contributed by atoms with Crippen LogP contribution in [-0.4, -0.2) is 44.4 Å². The molecule has 3 aromatic rings. The lowest BCUT2D eigenvalue weighted by molar-refractivity contribution is 0.0606. The van der Waals surface area contributed by atoms with Crippen LogP contribution in [0.15, 0.2) is 55.0 Å². The third-order valence-corrected chi connectivity index (χ3v) is 5.85. The van der Waals surface area contributed by atoms with Gasteiger partial charge in [-0.05, 0) is 50.8 Å². The summed E-state index contributed by atoms with van der Waals surface area (Å²) in [4.78, 5) is 28.9. The van der Waals surface area contributed by atoms with Crippen LogP contribution in [0.3, 0.4) is 0 Å². The Kier molecular flexibility index (Phi) is 6.26. The minimum absolute atomic E-state index is 0.00519. The fourth-order valence-electron chi connectivity index (χ4n) is 4.19. The quantitative estimate of drug-likeness (QED) is 0.587. The molecule has 3 heterocycles. The molecule has 1 aromatic carbocycles. The van der Waals surface area contributed by atoms with Gasteiger partial charge in [0.1, 0.15) is 6.61 Å². The molecule has 2 unspecified atom stereocenters. The highest BCUT2D eigenvalue weighted by Gasteiger charge is 2.37. The van der Waals surface area contributed by atoms with E-state index in [1.807, 2.05) is 49.1 Å². The Balaban J connectivity index is 1.62. The summed E-state index contributed by atoms with van der Waals surface area (Å²) in [5.41, 5.74) is 3.53. The SMILES string of the molecule is CCC1CCC(COc2ccc(C)cn2)N1C(=O)c1cc(C)ccc1-c1ncccn1. The van der Waals surface area contributed by atoms with Crippen molar-refractivity contribution in [3.8, 4) is 17.3 Å². The average Bonchev–Trinajstić information content (AvgIpc) is 3.21. The largest absolute Gasteiger partial charge is 0.475 e. The second-order valence-electron chi connectivity index (χ2n) is 8.11. The number of aromatic nitrogens is 3. The molecule has 0 spiro atoms. The molecular weight excluding hydrogens is 388 g/mol. The van der Waals surface area contributed by atoms with Crippen molar-refractivity contribution < 1.29 is 9.53 Å². The van der Waals surface area contributed by atoms with Gasteiger partial charge in [-0.1, -0.05) is 30.7 Å². The molecule has 1 fully saturated rings. The summed E-state index contributed by atoms with van der Waals surface area (Å²) in [7, 11) is 0. The second-order valence-corrected chi connectivity index (χ2v) is 8.11. The molecular formula is C25H28N4O2. The lowest BCUT2D eigenvalue weighted by atomic mass is 10.0. The molecule has 0 N–H and O–H groups in total. The molecule has 1 saturated heterocycles. The Hall–Kier alpha value is -3.28. The molecule has 0 aliphatic carbocycles. The number of likely N-dealkylation sites (tertiary alicyclic amines) is 1. The maximum Gasteiger partial charge on any atom is 0.255 e. The number of carbonyl (C=O) groups excluding carboxylic acids is 1. The number of nitrogens with zero attached hydrogens (tertiary/aromatic N) is 4. The molecule has 1 amide bonds.